The molecule has 0 radical (unpaired) electrons. The molecule has 1 aliphatic carbocycles. The van der Waals surface area contributed by atoms with Gasteiger partial charge in [-0.2, -0.15) is 13.2 Å². The fourth-order valence-corrected chi connectivity index (χ4v) is 3.18. The van der Waals surface area contributed by atoms with Gasteiger partial charge in [0.25, 0.3) is 0 Å². The van der Waals surface area contributed by atoms with Gasteiger partial charge in [-0.1, -0.05) is 0 Å². The minimum Gasteiger partial charge on any atom is -0.317 e. The summed E-state index contributed by atoms with van der Waals surface area (Å²) in [5, 5.41) is 4.37. The van der Waals surface area contributed by atoms with Crippen molar-refractivity contribution in [3.63, 3.8) is 0 Å². The van der Waals surface area contributed by atoms with E-state index in [4.69, 9.17) is 0 Å². The van der Waals surface area contributed by atoms with Crippen LogP contribution in [0.4, 0.5) is 13.2 Å². The smallest absolute Gasteiger partial charge is 0.317 e. The van der Waals surface area contributed by atoms with Crippen LogP contribution in [0.25, 0.3) is 0 Å². The van der Waals surface area contributed by atoms with Crippen molar-refractivity contribution in [1.82, 2.24) is 5.32 Å². The Labute approximate surface area is 90.3 Å². The predicted octanol–water partition coefficient (Wildman–Crippen LogP) is 2.84. The number of thiophene rings is 1. The van der Waals surface area contributed by atoms with Crippen molar-refractivity contribution in [2.45, 2.75) is 31.5 Å². The van der Waals surface area contributed by atoms with Gasteiger partial charge in [-0.15, -0.1) is 11.3 Å². The Morgan fingerprint density at radius 3 is 2.80 bits per heavy atom. The van der Waals surface area contributed by atoms with Gasteiger partial charge in [0.2, 0.25) is 0 Å². The van der Waals surface area contributed by atoms with Gasteiger partial charge in [0.1, 0.15) is 0 Å². The highest BCUT2D eigenvalue weighted by Gasteiger charge is 2.36. The highest BCUT2D eigenvalue weighted by molar-refractivity contribution is 7.10. The summed E-state index contributed by atoms with van der Waals surface area (Å²) >= 11 is 1.24. The number of likely N-dealkylation sites (N-methyl/N-ethyl adjacent to an activating group) is 1. The maximum absolute atomic E-state index is 12.6. The third-order valence-electron chi connectivity index (χ3n) is 2.87. The van der Waals surface area contributed by atoms with Gasteiger partial charge in [-0.25, -0.2) is 0 Å². The number of fused-ring (bicyclic) bond motifs is 1. The minimum absolute atomic E-state index is 0.331. The molecule has 0 saturated carbocycles. The van der Waals surface area contributed by atoms with Gasteiger partial charge in [-0.3, -0.25) is 0 Å². The first kappa shape index (κ1) is 11.0. The Morgan fingerprint density at radius 2 is 2.20 bits per heavy atom. The molecule has 1 aromatic rings. The van der Waals surface area contributed by atoms with Crippen LogP contribution in [-0.4, -0.2) is 13.1 Å². The van der Waals surface area contributed by atoms with E-state index in [1.165, 1.54) is 16.7 Å². The SMILES string of the molecule is CNC1CCc2c(C(F)(F)F)csc2C1. The van der Waals surface area contributed by atoms with Crippen molar-refractivity contribution in [1.29, 1.82) is 0 Å². The first-order chi connectivity index (χ1) is 7.02. The number of nitrogens with one attached hydrogen (secondary N) is 1. The van der Waals surface area contributed by atoms with E-state index in [9.17, 15) is 13.2 Å². The lowest BCUT2D eigenvalue weighted by Gasteiger charge is -2.22. The highest BCUT2D eigenvalue weighted by Crippen LogP contribution is 2.39. The van der Waals surface area contributed by atoms with Gasteiger partial charge in [0.05, 0.1) is 5.56 Å². The Bertz CT molecular complexity index is 356. The summed E-state index contributed by atoms with van der Waals surface area (Å²) in [6.07, 6.45) is -2.12. The second-order valence-electron chi connectivity index (χ2n) is 3.78. The van der Waals surface area contributed by atoms with E-state index in [0.29, 0.717) is 18.0 Å². The van der Waals surface area contributed by atoms with Gasteiger partial charge >= 0.3 is 6.18 Å². The summed E-state index contributed by atoms with van der Waals surface area (Å²) in [5.74, 6) is 0. The van der Waals surface area contributed by atoms with E-state index < -0.39 is 11.7 Å². The molecule has 2 rings (SSSR count). The molecule has 0 aromatic carbocycles. The third kappa shape index (κ3) is 2.03. The topological polar surface area (TPSA) is 12.0 Å². The Morgan fingerprint density at radius 1 is 1.47 bits per heavy atom. The summed E-state index contributed by atoms with van der Waals surface area (Å²) in [6.45, 7) is 0. The van der Waals surface area contributed by atoms with E-state index in [1.807, 2.05) is 7.05 Å². The molecule has 5 heteroatoms. The second kappa shape index (κ2) is 3.79. The first-order valence-corrected chi connectivity index (χ1v) is 5.74. The average Bonchev–Trinajstić information content (AvgIpc) is 2.59. The molecule has 1 nitrogen and oxygen atoms in total. The van der Waals surface area contributed by atoms with Crippen LogP contribution in [0.3, 0.4) is 0 Å². The van der Waals surface area contributed by atoms with Crippen molar-refractivity contribution in [2.24, 2.45) is 0 Å². The van der Waals surface area contributed by atoms with Crippen LogP contribution in [0.5, 0.6) is 0 Å². The van der Waals surface area contributed by atoms with Crippen molar-refractivity contribution in [3.8, 4) is 0 Å². The lowest BCUT2D eigenvalue weighted by atomic mass is 9.92. The summed E-state index contributed by atoms with van der Waals surface area (Å²) < 4.78 is 37.7. The Hall–Kier alpha value is -0.550. The van der Waals surface area contributed by atoms with Gasteiger partial charge in [0.15, 0.2) is 0 Å². The molecule has 1 aliphatic rings. The zero-order valence-electron chi connectivity index (χ0n) is 8.32. The van der Waals surface area contributed by atoms with Crippen LogP contribution in [0.2, 0.25) is 0 Å². The summed E-state index contributed by atoms with van der Waals surface area (Å²) in [7, 11) is 1.86. The molecule has 0 spiro atoms. The van der Waals surface area contributed by atoms with E-state index >= 15 is 0 Å². The van der Waals surface area contributed by atoms with Crippen molar-refractivity contribution >= 4 is 11.3 Å². The molecule has 84 valence electrons. The summed E-state index contributed by atoms with van der Waals surface area (Å²) in [5.41, 5.74) is 0.107. The minimum atomic E-state index is -4.18. The first-order valence-electron chi connectivity index (χ1n) is 4.86. The fraction of sp³-hybridized carbons (Fsp3) is 0.600. The lowest BCUT2D eigenvalue weighted by Crippen LogP contribution is -2.31. The monoisotopic (exact) mass is 235 g/mol. The van der Waals surface area contributed by atoms with Gasteiger partial charge in [0, 0.05) is 16.3 Å². The molecular formula is C10H12F3NS. The number of alkyl halides is 3. The van der Waals surface area contributed by atoms with E-state index in [1.54, 1.807) is 0 Å². The molecule has 1 N–H and O–H groups in total. The summed E-state index contributed by atoms with van der Waals surface area (Å²) in [4.78, 5) is 0.896. The molecular weight excluding hydrogens is 223 g/mol. The number of rotatable bonds is 1. The Kier molecular flexibility index (Phi) is 2.77. The zero-order chi connectivity index (χ0) is 11.1. The number of halogens is 3. The van der Waals surface area contributed by atoms with Crippen LogP contribution >= 0.6 is 11.3 Å². The van der Waals surface area contributed by atoms with Crippen LogP contribution in [-0.2, 0) is 19.0 Å². The zero-order valence-corrected chi connectivity index (χ0v) is 9.13. The van der Waals surface area contributed by atoms with Crippen molar-refractivity contribution < 1.29 is 13.2 Å². The molecule has 1 atom stereocenters. The largest absolute Gasteiger partial charge is 0.417 e. The lowest BCUT2D eigenvalue weighted by molar-refractivity contribution is -0.138. The van der Waals surface area contributed by atoms with Crippen molar-refractivity contribution in [2.75, 3.05) is 7.05 Å². The predicted molar refractivity (Wildman–Crippen MR) is 54.2 cm³/mol. The van der Waals surface area contributed by atoms with Crippen LogP contribution in [0, 0.1) is 0 Å². The molecule has 1 aromatic heterocycles. The normalized spacial score (nSPS) is 21.5. The third-order valence-corrected chi connectivity index (χ3v) is 3.92. The molecule has 0 aliphatic heterocycles. The second-order valence-corrected chi connectivity index (χ2v) is 4.74. The van der Waals surface area contributed by atoms with E-state index in [2.05, 4.69) is 5.32 Å². The molecule has 1 heterocycles. The van der Waals surface area contributed by atoms with Gasteiger partial charge in [-0.05, 0) is 31.9 Å². The van der Waals surface area contributed by atoms with Crippen molar-refractivity contribution in [3.05, 3.63) is 21.4 Å². The highest BCUT2D eigenvalue weighted by atomic mass is 32.1. The van der Waals surface area contributed by atoms with Crippen LogP contribution in [0.15, 0.2) is 5.38 Å². The van der Waals surface area contributed by atoms with E-state index in [0.717, 1.165) is 17.7 Å². The Balaban J connectivity index is 2.30. The van der Waals surface area contributed by atoms with E-state index in [-0.39, 0.29) is 0 Å². The molecule has 15 heavy (non-hydrogen) atoms. The maximum atomic E-state index is 12.6. The quantitative estimate of drug-likeness (QED) is 0.789. The molecule has 0 bridgehead atoms. The van der Waals surface area contributed by atoms with Crippen LogP contribution in [0.1, 0.15) is 22.4 Å². The standard InChI is InChI=1S/C10H12F3NS/c1-14-6-2-3-7-8(10(11,12)13)5-15-9(7)4-6/h5-6,14H,2-4H2,1H3. The average molecular weight is 235 g/mol. The molecule has 0 saturated heterocycles. The molecule has 0 amide bonds. The summed E-state index contributed by atoms with van der Waals surface area (Å²) in [6, 6.07) is 0.331. The molecule has 0 fully saturated rings. The van der Waals surface area contributed by atoms with Crippen LogP contribution < -0.4 is 5.32 Å². The maximum Gasteiger partial charge on any atom is 0.417 e. The molecule has 1 unspecified atom stereocenters. The number of hydrogen-bond acceptors (Lipinski definition) is 2. The number of hydrogen-bond donors (Lipinski definition) is 1. The fourth-order valence-electron chi connectivity index (χ4n) is 2.00. The van der Waals surface area contributed by atoms with Gasteiger partial charge < -0.3 is 5.32 Å².